The van der Waals surface area contributed by atoms with Crippen LogP contribution in [0, 0.1) is 0 Å². The van der Waals surface area contributed by atoms with Gasteiger partial charge in [-0.1, -0.05) is 0 Å². The highest BCUT2D eigenvalue weighted by Gasteiger charge is 2.41. The Morgan fingerprint density at radius 2 is 2.36 bits per heavy atom. The van der Waals surface area contributed by atoms with E-state index in [1.54, 1.807) is 4.90 Å². The zero-order chi connectivity index (χ0) is 10.1. The molecule has 78 valence electrons. The van der Waals surface area contributed by atoms with E-state index in [0.29, 0.717) is 6.54 Å². The largest absolute Gasteiger partial charge is 0.481 e. The molecule has 2 aliphatic rings. The Kier molecular flexibility index (Phi) is 2.31. The maximum atomic E-state index is 11.4. The van der Waals surface area contributed by atoms with Crippen LogP contribution in [0.3, 0.4) is 0 Å². The molecule has 1 saturated heterocycles. The molecule has 1 saturated carbocycles. The number of nitrogens with one attached hydrogen (secondary N) is 1. The Balaban J connectivity index is 1.95. The van der Waals surface area contributed by atoms with E-state index < -0.39 is 5.97 Å². The van der Waals surface area contributed by atoms with E-state index in [-0.39, 0.29) is 24.5 Å². The van der Waals surface area contributed by atoms with Gasteiger partial charge in [-0.2, -0.15) is 0 Å². The van der Waals surface area contributed by atoms with Gasteiger partial charge in [0, 0.05) is 6.54 Å². The molecule has 2 atom stereocenters. The summed E-state index contributed by atoms with van der Waals surface area (Å²) < 4.78 is 0. The van der Waals surface area contributed by atoms with Gasteiger partial charge < -0.3 is 15.3 Å². The minimum Gasteiger partial charge on any atom is -0.481 e. The number of hydrogen-bond donors (Lipinski definition) is 2. The standard InChI is InChI=1S/C9H14N2O3/c12-8(13)4-5-11-7-3-1-2-6(7)10-9(11)14/h6-7H,1-5H2,(H,10,14)(H,12,13). The van der Waals surface area contributed by atoms with Gasteiger partial charge in [-0.15, -0.1) is 0 Å². The van der Waals surface area contributed by atoms with Gasteiger partial charge in [0.25, 0.3) is 0 Å². The van der Waals surface area contributed by atoms with Crippen molar-refractivity contribution in [1.82, 2.24) is 10.2 Å². The predicted octanol–water partition coefficient (Wildman–Crippen LogP) is 0.407. The van der Waals surface area contributed by atoms with Crippen LogP contribution in [0.15, 0.2) is 0 Å². The van der Waals surface area contributed by atoms with Gasteiger partial charge in [-0.05, 0) is 19.3 Å². The highest BCUT2D eigenvalue weighted by Crippen LogP contribution is 2.28. The summed E-state index contributed by atoms with van der Waals surface area (Å²) in [5, 5.41) is 11.4. The molecule has 5 heteroatoms. The van der Waals surface area contributed by atoms with Gasteiger partial charge in [0.05, 0.1) is 18.5 Å². The first-order chi connectivity index (χ1) is 6.68. The van der Waals surface area contributed by atoms with E-state index in [9.17, 15) is 9.59 Å². The Morgan fingerprint density at radius 3 is 3.07 bits per heavy atom. The van der Waals surface area contributed by atoms with Crippen molar-refractivity contribution in [3.63, 3.8) is 0 Å². The van der Waals surface area contributed by atoms with Gasteiger partial charge in [0.1, 0.15) is 0 Å². The monoisotopic (exact) mass is 198 g/mol. The van der Waals surface area contributed by atoms with E-state index in [4.69, 9.17) is 5.11 Å². The van der Waals surface area contributed by atoms with Gasteiger partial charge in [-0.3, -0.25) is 4.79 Å². The maximum Gasteiger partial charge on any atom is 0.318 e. The van der Waals surface area contributed by atoms with Crippen molar-refractivity contribution in [3.05, 3.63) is 0 Å². The molecule has 14 heavy (non-hydrogen) atoms. The fraction of sp³-hybridized carbons (Fsp3) is 0.778. The minimum atomic E-state index is -0.848. The Labute approximate surface area is 82.1 Å². The lowest BCUT2D eigenvalue weighted by atomic mass is 10.2. The Morgan fingerprint density at radius 1 is 1.57 bits per heavy atom. The van der Waals surface area contributed by atoms with E-state index in [1.807, 2.05) is 0 Å². The van der Waals surface area contributed by atoms with Crippen molar-refractivity contribution in [2.75, 3.05) is 6.54 Å². The molecule has 0 aromatic rings. The molecule has 1 heterocycles. The van der Waals surface area contributed by atoms with Crippen LogP contribution in [-0.4, -0.2) is 40.6 Å². The summed E-state index contributed by atoms with van der Waals surface area (Å²) in [6.45, 7) is 0.336. The number of carbonyl (C=O) groups is 2. The molecule has 1 aliphatic heterocycles. The molecule has 2 amide bonds. The second-order valence-corrected chi connectivity index (χ2v) is 3.89. The summed E-state index contributed by atoms with van der Waals surface area (Å²) in [5.74, 6) is -0.848. The predicted molar refractivity (Wildman–Crippen MR) is 48.9 cm³/mol. The van der Waals surface area contributed by atoms with Gasteiger partial charge >= 0.3 is 12.0 Å². The van der Waals surface area contributed by atoms with Crippen molar-refractivity contribution < 1.29 is 14.7 Å². The molecular weight excluding hydrogens is 184 g/mol. The molecule has 0 radical (unpaired) electrons. The quantitative estimate of drug-likeness (QED) is 0.690. The number of rotatable bonds is 3. The molecule has 2 N–H and O–H groups in total. The fourth-order valence-electron chi connectivity index (χ4n) is 2.36. The molecular formula is C9H14N2O3. The van der Waals surface area contributed by atoms with E-state index in [1.165, 1.54) is 0 Å². The number of carbonyl (C=O) groups excluding carboxylic acids is 1. The van der Waals surface area contributed by atoms with Crippen molar-refractivity contribution in [2.45, 2.75) is 37.8 Å². The van der Waals surface area contributed by atoms with Gasteiger partial charge in [-0.25, -0.2) is 4.79 Å². The van der Waals surface area contributed by atoms with Crippen LogP contribution in [-0.2, 0) is 4.79 Å². The number of carboxylic acids is 1. The summed E-state index contributed by atoms with van der Waals surface area (Å²) in [5.41, 5.74) is 0. The molecule has 1 aliphatic carbocycles. The summed E-state index contributed by atoms with van der Waals surface area (Å²) >= 11 is 0. The van der Waals surface area contributed by atoms with Crippen LogP contribution in [0.1, 0.15) is 25.7 Å². The van der Waals surface area contributed by atoms with Gasteiger partial charge in [0.15, 0.2) is 0 Å². The minimum absolute atomic E-state index is 0.0383. The number of urea groups is 1. The average Bonchev–Trinajstić information content (AvgIpc) is 2.61. The smallest absolute Gasteiger partial charge is 0.318 e. The zero-order valence-electron chi connectivity index (χ0n) is 7.90. The first-order valence-electron chi connectivity index (χ1n) is 4.97. The van der Waals surface area contributed by atoms with Crippen molar-refractivity contribution in [2.24, 2.45) is 0 Å². The number of fused-ring (bicyclic) bond motifs is 1. The first-order valence-corrected chi connectivity index (χ1v) is 4.97. The second kappa shape index (κ2) is 3.48. The maximum absolute atomic E-state index is 11.4. The molecule has 2 unspecified atom stereocenters. The molecule has 0 aromatic heterocycles. The van der Waals surface area contributed by atoms with Crippen LogP contribution >= 0.6 is 0 Å². The number of carboxylic acid groups (broad SMARTS) is 1. The van der Waals surface area contributed by atoms with Crippen molar-refractivity contribution in [3.8, 4) is 0 Å². The highest BCUT2D eigenvalue weighted by atomic mass is 16.4. The summed E-state index contributed by atoms with van der Waals surface area (Å²) in [7, 11) is 0. The molecule has 2 fully saturated rings. The first kappa shape index (κ1) is 9.30. The molecule has 2 rings (SSSR count). The van der Waals surface area contributed by atoms with Crippen LogP contribution in [0.25, 0.3) is 0 Å². The zero-order valence-corrected chi connectivity index (χ0v) is 7.90. The van der Waals surface area contributed by atoms with Crippen molar-refractivity contribution in [1.29, 1.82) is 0 Å². The Bertz CT molecular complexity index is 267. The van der Waals surface area contributed by atoms with Crippen molar-refractivity contribution >= 4 is 12.0 Å². The lowest BCUT2D eigenvalue weighted by Crippen LogP contribution is -2.35. The number of hydrogen-bond acceptors (Lipinski definition) is 2. The third kappa shape index (κ3) is 1.54. The summed E-state index contributed by atoms with van der Waals surface area (Å²) in [6.07, 6.45) is 3.19. The van der Waals surface area contributed by atoms with Crippen LogP contribution in [0.5, 0.6) is 0 Å². The van der Waals surface area contributed by atoms with E-state index in [2.05, 4.69) is 5.32 Å². The normalized spacial score (nSPS) is 30.3. The summed E-state index contributed by atoms with van der Waals surface area (Å²) in [4.78, 5) is 23.5. The fourth-order valence-corrected chi connectivity index (χ4v) is 2.36. The molecule has 0 spiro atoms. The SMILES string of the molecule is O=C(O)CCN1C(=O)NC2CCCC21. The highest BCUT2D eigenvalue weighted by molar-refractivity contribution is 5.78. The van der Waals surface area contributed by atoms with Crippen LogP contribution in [0.4, 0.5) is 4.79 Å². The number of nitrogens with zero attached hydrogens (tertiary/aromatic N) is 1. The summed E-state index contributed by atoms with van der Waals surface area (Å²) in [6, 6.07) is 0.402. The topological polar surface area (TPSA) is 69.6 Å². The lowest BCUT2D eigenvalue weighted by molar-refractivity contribution is -0.137. The average molecular weight is 198 g/mol. The van der Waals surface area contributed by atoms with E-state index >= 15 is 0 Å². The second-order valence-electron chi connectivity index (χ2n) is 3.89. The van der Waals surface area contributed by atoms with Gasteiger partial charge in [0.2, 0.25) is 0 Å². The lowest BCUT2D eigenvalue weighted by Gasteiger charge is -2.20. The number of amides is 2. The Hall–Kier alpha value is -1.26. The molecule has 0 aromatic carbocycles. The third-order valence-electron chi connectivity index (χ3n) is 3.02. The molecule has 5 nitrogen and oxygen atoms in total. The van der Waals surface area contributed by atoms with Crippen LogP contribution < -0.4 is 5.32 Å². The number of aliphatic carboxylic acids is 1. The third-order valence-corrected chi connectivity index (χ3v) is 3.02. The molecule has 0 bridgehead atoms. The van der Waals surface area contributed by atoms with Crippen LogP contribution in [0.2, 0.25) is 0 Å². The van der Waals surface area contributed by atoms with E-state index in [0.717, 1.165) is 19.3 Å².